The second kappa shape index (κ2) is 12.6. The third kappa shape index (κ3) is 7.07. The highest BCUT2D eigenvalue weighted by atomic mass is 16.5. The summed E-state index contributed by atoms with van der Waals surface area (Å²) in [5.41, 5.74) is 5.92. The maximum Gasteiger partial charge on any atom is 0.344 e. The van der Waals surface area contributed by atoms with Crippen molar-refractivity contribution in [3.63, 3.8) is 0 Å². The van der Waals surface area contributed by atoms with Crippen molar-refractivity contribution in [3.05, 3.63) is 119 Å². The Morgan fingerprint density at radius 2 is 1.36 bits per heavy atom. The largest absolute Gasteiger partial charge is 0.507 e. The highest BCUT2D eigenvalue weighted by Gasteiger charge is 2.26. The molecule has 0 spiro atoms. The van der Waals surface area contributed by atoms with E-state index in [1.54, 1.807) is 12.1 Å². The van der Waals surface area contributed by atoms with Gasteiger partial charge in [-0.2, -0.15) is 5.10 Å². The van der Waals surface area contributed by atoms with Crippen LogP contribution in [-0.4, -0.2) is 23.2 Å². The smallest absolute Gasteiger partial charge is 0.344 e. The van der Waals surface area contributed by atoms with E-state index < -0.39 is 5.97 Å². The summed E-state index contributed by atoms with van der Waals surface area (Å²) in [6.45, 7) is 12.4. The maximum atomic E-state index is 13.4. The Balaban J connectivity index is 1.35. The molecule has 0 saturated heterocycles. The minimum Gasteiger partial charge on any atom is -0.507 e. The molecule has 0 heterocycles. The van der Waals surface area contributed by atoms with Gasteiger partial charge in [0.2, 0.25) is 5.91 Å². The first kappa shape index (κ1) is 31.5. The molecule has 0 fully saturated rings. The number of hydrazone groups is 1. The molecule has 1 amide bonds. The van der Waals surface area contributed by atoms with Gasteiger partial charge in [-0.1, -0.05) is 120 Å². The van der Waals surface area contributed by atoms with E-state index in [-0.39, 0.29) is 23.2 Å². The fraction of sp³-hybridized carbons (Fsp3) is 0.256. The summed E-state index contributed by atoms with van der Waals surface area (Å²) in [5.74, 6) is -0.0552. The molecule has 5 rings (SSSR count). The predicted molar refractivity (Wildman–Crippen MR) is 182 cm³/mol. The van der Waals surface area contributed by atoms with Gasteiger partial charge in [0.05, 0.1) is 11.8 Å². The van der Waals surface area contributed by atoms with Crippen LogP contribution in [0.2, 0.25) is 0 Å². The third-order valence-corrected chi connectivity index (χ3v) is 7.95. The van der Waals surface area contributed by atoms with Crippen molar-refractivity contribution in [1.29, 1.82) is 0 Å². The standard InChI is InChI=1S/C39H40N2O4/c1-38(2,3)32-22-25(23-33(36(32)43)39(4,5)6)18-21-35(42)41-40-24-31-29-16-10-8-13-27(29)19-20-34(31)45-37(44)30-17-11-14-26-12-7-9-15-28(26)30/h7-17,19-20,22-24,43H,18,21H2,1-6H3,(H,41,42)/b40-24-. The molecule has 2 N–H and O–H groups in total. The molecule has 0 bridgehead atoms. The number of amides is 1. The molecule has 0 aliphatic heterocycles. The molecule has 5 aromatic rings. The van der Waals surface area contributed by atoms with E-state index in [0.29, 0.717) is 29.0 Å². The molecule has 0 radical (unpaired) electrons. The maximum absolute atomic E-state index is 13.4. The van der Waals surface area contributed by atoms with Gasteiger partial charge in [0, 0.05) is 12.0 Å². The SMILES string of the molecule is CC(C)(C)c1cc(CCC(=O)N/N=C\c2c(OC(=O)c3cccc4ccccc34)ccc3ccccc23)cc(C(C)(C)C)c1O. The molecule has 6 nitrogen and oxygen atoms in total. The lowest BCUT2D eigenvalue weighted by Gasteiger charge is -2.28. The van der Waals surface area contributed by atoms with Crippen molar-refractivity contribution in [2.45, 2.75) is 65.2 Å². The Bertz CT molecular complexity index is 1890. The summed E-state index contributed by atoms with van der Waals surface area (Å²) in [6, 6.07) is 28.6. The topological polar surface area (TPSA) is 88.0 Å². The molecule has 0 unspecified atom stereocenters. The number of hydrogen-bond donors (Lipinski definition) is 2. The van der Waals surface area contributed by atoms with Crippen LogP contribution in [0.15, 0.2) is 96.1 Å². The van der Waals surface area contributed by atoms with E-state index in [4.69, 9.17) is 4.74 Å². The summed E-state index contributed by atoms with van der Waals surface area (Å²) >= 11 is 0. The second-order valence-corrected chi connectivity index (χ2v) is 13.4. The van der Waals surface area contributed by atoms with Gasteiger partial charge in [0.15, 0.2) is 0 Å². The lowest BCUT2D eigenvalue weighted by atomic mass is 9.78. The number of ether oxygens (including phenoxy) is 1. The van der Waals surface area contributed by atoms with Crippen LogP contribution in [0.5, 0.6) is 11.5 Å². The first-order valence-corrected chi connectivity index (χ1v) is 15.2. The summed E-state index contributed by atoms with van der Waals surface area (Å²) in [7, 11) is 0. The molecule has 6 heteroatoms. The molecule has 0 aliphatic carbocycles. The van der Waals surface area contributed by atoms with Crippen molar-refractivity contribution in [3.8, 4) is 11.5 Å². The Hall–Kier alpha value is -4.97. The third-order valence-electron chi connectivity index (χ3n) is 7.95. The predicted octanol–water partition coefficient (Wildman–Crippen LogP) is 8.60. The first-order valence-electron chi connectivity index (χ1n) is 15.2. The van der Waals surface area contributed by atoms with Gasteiger partial charge in [-0.05, 0) is 67.6 Å². The minimum atomic E-state index is -0.473. The Kier molecular flexibility index (Phi) is 8.78. The van der Waals surface area contributed by atoms with Gasteiger partial charge >= 0.3 is 5.97 Å². The number of nitrogens with zero attached hydrogens (tertiary/aromatic N) is 1. The zero-order chi connectivity index (χ0) is 32.4. The van der Waals surface area contributed by atoms with Gasteiger partial charge in [-0.15, -0.1) is 0 Å². The molecular formula is C39H40N2O4. The zero-order valence-electron chi connectivity index (χ0n) is 26.8. The van der Waals surface area contributed by atoms with Crippen LogP contribution in [0, 0.1) is 0 Å². The number of esters is 1. The Morgan fingerprint density at radius 1 is 0.778 bits per heavy atom. The van der Waals surface area contributed by atoms with E-state index in [2.05, 4.69) is 52.1 Å². The molecule has 5 aromatic carbocycles. The van der Waals surface area contributed by atoms with Gasteiger partial charge in [-0.3, -0.25) is 4.79 Å². The van der Waals surface area contributed by atoms with Crippen LogP contribution in [0.4, 0.5) is 0 Å². The number of carbonyl (C=O) groups excluding carboxylic acids is 2. The number of nitrogens with one attached hydrogen (secondary N) is 1. The number of phenols is 1. The number of hydrogen-bond acceptors (Lipinski definition) is 5. The van der Waals surface area contributed by atoms with Gasteiger partial charge in [-0.25, -0.2) is 10.2 Å². The fourth-order valence-electron chi connectivity index (χ4n) is 5.52. The van der Waals surface area contributed by atoms with Crippen molar-refractivity contribution in [1.82, 2.24) is 5.43 Å². The average Bonchev–Trinajstić information content (AvgIpc) is 2.99. The highest BCUT2D eigenvalue weighted by Crippen LogP contribution is 2.40. The summed E-state index contributed by atoms with van der Waals surface area (Å²) < 4.78 is 5.93. The van der Waals surface area contributed by atoms with Crippen LogP contribution in [0.25, 0.3) is 21.5 Å². The van der Waals surface area contributed by atoms with Crippen molar-refractivity contribution in [2.24, 2.45) is 5.10 Å². The molecule has 0 aromatic heterocycles. The Morgan fingerprint density at radius 3 is 2.00 bits per heavy atom. The number of aromatic hydroxyl groups is 1. The second-order valence-electron chi connectivity index (χ2n) is 13.4. The van der Waals surface area contributed by atoms with Crippen molar-refractivity contribution >= 4 is 39.6 Å². The van der Waals surface area contributed by atoms with Crippen LogP contribution >= 0.6 is 0 Å². The number of phenolic OH excluding ortho intramolecular Hbond substituents is 1. The number of carbonyl (C=O) groups is 2. The van der Waals surface area contributed by atoms with Crippen LogP contribution in [0.1, 0.15) is 80.6 Å². The molecule has 230 valence electrons. The number of aryl methyl sites for hydroxylation is 1. The van der Waals surface area contributed by atoms with E-state index in [1.165, 1.54) is 6.21 Å². The van der Waals surface area contributed by atoms with E-state index in [0.717, 1.165) is 38.2 Å². The van der Waals surface area contributed by atoms with Crippen molar-refractivity contribution in [2.75, 3.05) is 0 Å². The highest BCUT2D eigenvalue weighted by molar-refractivity contribution is 6.07. The number of rotatable bonds is 7. The normalized spacial score (nSPS) is 12.1. The molecule has 0 aliphatic rings. The molecular weight excluding hydrogens is 560 g/mol. The quantitative estimate of drug-likeness (QED) is 0.0848. The zero-order valence-corrected chi connectivity index (χ0v) is 26.8. The molecule has 0 saturated carbocycles. The summed E-state index contributed by atoms with van der Waals surface area (Å²) in [5, 5.41) is 18.8. The Labute approximate surface area is 264 Å². The summed E-state index contributed by atoms with van der Waals surface area (Å²) in [4.78, 5) is 26.3. The van der Waals surface area contributed by atoms with E-state index >= 15 is 0 Å². The lowest BCUT2D eigenvalue weighted by molar-refractivity contribution is -0.121. The van der Waals surface area contributed by atoms with E-state index in [1.807, 2.05) is 78.9 Å². The van der Waals surface area contributed by atoms with Gasteiger partial charge in [0.25, 0.3) is 0 Å². The van der Waals surface area contributed by atoms with Crippen LogP contribution in [0.3, 0.4) is 0 Å². The van der Waals surface area contributed by atoms with E-state index in [9.17, 15) is 14.7 Å². The number of fused-ring (bicyclic) bond motifs is 2. The molecule has 45 heavy (non-hydrogen) atoms. The number of benzene rings is 5. The lowest BCUT2D eigenvalue weighted by Crippen LogP contribution is -2.20. The monoisotopic (exact) mass is 600 g/mol. The van der Waals surface area contributed by atoms with Crippen LogP contribution in [-0.2, 0) is 22.0 Å². The minimum absolute atomic E-state index is 0.216. The van der Waals surface area contributed by atoms with Gasteiger partial charge < -0.3 is 9.84 Å². The van der Waals surface area contributed by atoms with Crippen LogP contribution < -0.4 is 10.2 Å². The first-order chi connectivity index (χ1) is 21.3. The van der Waals surface area contributed by atoms with Crippen molar-refractivity contribution < 1.29 is 19.4 Å². The summed E-state index contributed by atoms with van der Waals surface area (Å²) in [6.07, 6.45) is 2.24. The average molecular weight is 601 g/mol. The van der Waals surface area contributed by atoms with Gasteiger partial charge in [0.1, 0.15) is 11.5 Å². The fourth-order valence-corrected chi connectivity index (χ4v) is 5.52. The molecule has 0 atom stereocenters.